The van der Waals surface area contributed by atoms with Gasteiger partial charge in [0, 0.05) is 6.04 Å². The van der Waals surface area contributed by atoms with Crippen LogP contribution in [0.15, 0.2) is 18.2 Å². The van der Waals surface area contributed by atoms with Crippen molar-refractivity contribution in [3.63, 3.8) is 0 Å². The van der Waals surface area contributed by atoms with Crippen LogP contribution in [0.2, 0.25) is 0 Å². The Morgan fingerprint density at radius 3 is 2.89 bits per heavy atom. The molecule has 0 radical (unpaired) electrons. The fourth-order valence-corrected chi connectivity index (χ4v) is 2.45. The second-order valence-electron chi connectivity index (χ2n) is 4.17. The van der Waals surface area contributed by atoms with Crippen molar-refractivity contribution in [1.82, 2.24) is 5.32 Å². The first kappa shape index (κ1) is 15.8. The number of anilines is 1. The van der Waals surface area contributed by atoms with Gasteiger partial charge in [0.1, 0.15) is 5.82 Å². The Labute approximate surface area is 117 Å². The first-order chi connectivity index (χ1) is 9.10. The molecule has 0 aromatic heterocycles. The van der Waals surface area contributed by atoms with Crippen LogP contribution in [0.1, 0.15) is 30.6 Å². The van der Waals surface area contributed by atoms with E-state index in [1.54, 1.807) is 6.07 Å². The molecule has 0 saturated heterocycles. The van der Waals surface area contributed by atoms with Gasteiger partial charge in [0.2, 0.25) is 0 Å². The molecule has 1 aromatic carbocycles. The topological polar surface area (TPSA) is 67.2 Å². The molecule has 0 spiro atoms. The molecule has 0 heterocycles. The number of rotatable bonds is 7. The molecule has 4 nitrogen and oxygen atoms in total. The average Bonchev–Trinajstić information content (AvgIpc) is 2.38. The lowest BCUT2D eigenvalue weighted by atomic mass is 10.1. The Hall–Kier alpha value is -1.27. The van der Waals surface area contributed by atoms with E-state index in [2.05, 4.69) is 17.7 Å². The third-order valence-electron chi connectivity index (χ3n) is 2.68. The molecule has 1 amide bonds. The fraction of sp³-hybridized carbons (Fsp3) is 0.462. The zero-order chi connectivity index (χ0) is 14.3. The van der Waals surface area contributed by atoms with Gasteiger partial charge in [0.25, 0.3) is 5.91 Å². The lowest BCUT2D eigenvalue weighted by Crippen LogP contribution is -2.33. The monoisotopic (exact) mass is 285 g/mol. The predicted octanol–water partition coefficient (Wildman–Crippen LogP) is 2.37. The van der Waals surface area contributed by atoms with Crippen LogP contribution >= 0.6 is 11.8 Å². The summed E-state index contributed by atoms with van der Waals surface area (Å²) in [4.78, 5) is 12.0. The minimum Gasteiger partial charge on any atom is -0.349 e. The van der Waals surface area contributed by atoms with Crippen molar-refractivity contribution in [2.24, 2.45) is 5.84 Å². The summed E-state index contributed by atoms with van der Waals surface area (Å²) in [5, 5.41) is 2.84. The summed E-state index contributed by atoms with van der Waals surface area (Å²) in [5.74, 6) is 6.44. The predicted molar refractivity (Wildman–Crippen MR) is 78.8 cm³/mol. The number of hydrogen-bond donors (Lipinski definition) is 3. The summed E-state index contributed by atoms with van der Waals surface area (Å²) in [6, 6.07) is 4.33. The van der Waals surface area contributed by atoms with Gasteiger partial charge in [0.05, 0.1) is 11.3 Å². The fourth-order valence-electron chi connectivity index (χ4n) is 1.64. The second-order valence-corrected chi connectivity index (χ2v) is 5.56. The number of para-hydroxylation sites is 1. The van der Waals surface area contributed by atoms with Gasteiger partial charge in [-0.2, -0.15) is 11.8 Å². The van der Waals surface area contributed by atoms with Crippen molar-refractivity contribution >= 4 is 23.4 Å². The first-order valence-corrected chi connectivity index (χ1v) is 7.39. The zero-order valence-electron chi connectivity index (χ0n) is 11.2. The number of hydrogen-bond acceptors (Lipinski definition) is 4. The Morgan fingerprint density at radius 2 is 2.26 bits per heavy atom. The smallest absolute Gasteiger partial charge is 0.253 e. The highest BCUT2D eigenvalue weighted by Crippen LogP contribution is 2.18. The van der Waals surface area contributed by atoms with Gasteiger partial charge in [-0.05, 0) is 37.0 Å². The average molecular weight is 285 g/mol. The van der Waals surface area contributed by atoms with Gasteiger partial charge in [-0.3, -0.25) is 10.6 Å². The van der Waals surface area contributed by atoms with E-state index in [1.807, 2.05) is 18.7 Å². The normalized spacial score (nSPS) is 12.0. The van der Waals surface area contributed by atoms with Crippen LogP contribution in [0.4, 0.5) is 10.1 Å². The largest absolute Gasteiger partial charge is 0.349 e. The van der Waals surface area contributed by atoms with Crippen molar-refractivity contribution in [1.29, 1.82) is 0 Å². The van der Waals surface area contributed by atoms with E-state index in [9.17, 15) is 9.18 Å². The van der Waals surface area contributed by atoms with E-state index < -0.39 is 5.82 Å². The summed E-state index contributed by atoms with van der Waals surface area (Å²) >= 11 is 1.83. The van der Waals surface area contributed by atoms with Crippen LogP contribution < -0.4 is 16.6 Å². The molecule has 6 heteroatoms. The van der Waals surface area contributed by atoms with Crippen molar-refractivity contribution < 1.29 is 9.18 Å². The van der Waals surface area contributed by atoms with Crippen LogP contribution in [0.5, 0.6) is 0 Å². The Morgan fingerprint density at radius 1 is 1.53 bits per heavy atom. The molecule has 1 rings (SSSR count). The van der Waals surface area contributed by atoms with E-state index in [-0.39, 0.29) is 23.2 Å². The van der Waals surface area contributed by atoms with Gasteiger partial charge in [-0.1, -0.05) is 13.0 Å². The number of amides is 1. The van der Waals surface area contributed by atoms with Gasteiger partial charge in [-0.15, -0.1) is 0 Å². The number of carbonyl (C=O) groups is 1. The van der Waals surface area contributed by atoms with Crippen molar-refractivity contribution in [2.75, 3.05) is 16.9 Å². The van der Waals surface area contributed by atoms with Crippen LogP contribution in [0.25, 0.3) is 0 Å². The summed E-state index contributed by atoms with van der Waals surface area (Å²) < 4.78 is 13.5. The molecule has 1 atom stereocenters. The molecule has 19 heavy (non-hydrogen) atoms. The summed E-state index contributed by atoms with van der Waals surface area (Å²) in [6.07, 6.45) is 0.880. The number of hydrazine groups is 1. The van der Waals surface area contributed by atoms with Crippen LogP contribution in [-0.4, -0.2) is 23.5 Å². The van der Waals surface area contributed by atoms with Gasteiger partial charge in [0.15, 0.2) is 0 Å². The number of carbonyl (C=O) groups excluding carboxylic acids is 1. The van der Waals surface area contributed by atoms with E-state index in [0.717, 1.165) is 17.9 Å². The van der Waals surface area contributed by atoms with Crippen LogP contribution in [0.3, 0.4) is 0 Å². The maximum atomic E-state index is 13.5. The van der Waals surface area contributed by atoms with Gasteiger partial charge < -0.3 is 10.7 Å². The van der Waals surface area contributed by atoms with Gasteiger partial charge >= 0.3 is 0 Å². The molecular formula is C13H20FN3OS. The molecule has 1 unspecified atom stereocenters. The maximum absolute atomic E-state index is 13.5. The molecular weight excluding hydrogens is 265 g/mol. The first-order valence-electron chi connectivity index (χ1n) is 6.23. The highest BCUT2D eigenvalue weighted by Gasteiger charge is 2.15. The molecule has 106 valence electrons. The van der Waals surface area contributed by atoms with Crippen molar-refractivity contribution in [3.8, 4) is 0 Å². The van der Waals surface area contributed by atoms with E-state index in [1.165, 1.54) is 12.1 Å². The minimum absolute atomic E-state index is 0.0233. The molecule has 0 bridgehead atoms. The number of halogens is 1. The summed E-state index contributed by atoms with van der Waals surface area (Å²) in [7, 11) is 0. The SMILES string of the molecule is CCSCCC(C)NC(=O)c1cccc(F)c1NN. The maximum Gasteiger partial charge on any atom is 0.253 e. The molecule has 0 fully saturated rings. The number of nitrogen functional groups attached to an aromatic ring is 1. The standard InChI is InChI=1S/C13H20FN3OS/c1-3-19-8-7-9(2)16-13(18)10-5-4-6-11(14)12(10)17-15/h4-6,9,17H,3,7-8,15H2,1-2H3,(H,16,18). The Bertz CT molecular complexity index is 428. The lowest BCUT2D eigenvalue weighted by Gasteiger charge is -2.15. The van der Waals surface area contributed by atoms with Crippen LogP contribution in [0, 0.1) is 5.82 Å². The van der Waals surface area contributed by atoms with Crippen molar-refractivity contribution in [2.45, 2.75) is 26.3 Å². The van der Waals surface area contributed by atoms with E-state index in [4.69, 9.17) is 5.84 Å². The molecule has 0 aliphatic heterocycles. The number of benzene rings is 1. The molecule has 4 N–H and O–H groups in total. The highest BCUT2D eigenvalue weighted by molar-refractivity contribution is 7.99. The number of thioether (sulfide) groups is 1. The summed E-state index contributed by atoms with van der Waals surface area (Å²) in [6.45, 7) is 4.03. The minimum atomic E-state index is -0.538. The second kappa shape index (κ2) is 8.01. The molecule has 0 aliphatic carbocycles. The number of nitrogens with one attached hydrogen (secondary N) is 2. The molecule has 0 aliphatic rings. The van der Waals surface area contributed by atoms with E-state index >= 15 is 0 Å². The quantitative estimate of drug-likeness (QED) is 0.409. The molecule has 1 aromatic rings. The Kier molecular flexibility index (Phi) is 6.66. The highest BCUT2D eigenvalue weighted by atomic mass is 32.2. The molecule has 0 saturated carbocycles. The van der Waals surface area contributed by atoms with Crippen molar-refractivity contribution in [3.05, 3.63) is 29.6 Å². The third kappa shape index (κ3) is 4.72. The number of nitrogens with two attached hydrogens (primary N) is 1. The lowest BCUT2D eigenvalue weighted by molar-refractivity contribution is 0.0940. The summed E-state index contributed by atoms with van der Waals surface area (Å²) in [5.41, 5.74) is 2.47. The van der Waals surface area contributed by atoms with E-state index in [0.29, 0.717) is 0 Å². The third-order valence-corrected chi connectivity index (χ3v) is 3.61. The van der Waals surface area contributed by atoms with Crippen LogP contribution in [-0.2, 0) is 0 Å². The Balaban J connectivity index is 2.65. The van der Waals surface area contributed by atoms with Gasteiger partial charge in [-0.25, -0.2) is 4.39 Å². The zero-order valence-corrected chi connectivity index (χ0v) is 12.0.